The Morgan fingerprint density at radius 2 is 1.92 bits per heavy atom. The zero-order valence-corrected chi connectivity index (χ0v) is 15.0. The molecule has 0 spiro atoms. The Morgan fingerprint density at radius 1 is 1.20 bits per heavy atom. The first-order chi connectivity index (χ1) is 12.0. The molecule has 1 amide bonds. The van der Waals surface area contributed by atoms with Crippen LogP contribution in [0.2, 0.25) is 0 Å². The van der Waals surface area contributed by atoms with E-state index in [1.807, 2.05) is 51.1 Å². The van der Waals surface area contributed by atoms with Crippen molar-refractivity contribution in [2.75, 3.05) is 11.9 Å². The molecule has 132 valence electrons. The van der Waals surface area contributed by atoms with Gasteiger partial charge in [-0.3, -0.25) is 4.79 Å². The topological polar surface area (TPSA) is 47.6 Å². The van der Waals surface area contributed by atoms with Crippen molar-refractivity contribution in [3.8, 4) is 11.5 Å². The summed E-state index contributed by atoms with van der Waals surface area (Å²) in [5.74, 6) is 1.31. The third-order valence-corrected chi connectivity index (χ3v) is 3.98. The molecule has 25 heavy (non-hydrogen) atoms. The molecular weight excluding hydrogens is 314 g/mol. The number of amides is 1. The van der Waals surface area contributed by atoms with Gasteiger partial charge in [-0.05, 0) is 61.7 Å². The summed E-state index contributed by atoms with van der Waals surface area (Å²) in [7, 11) is 0. The quantitative estimate of drug-likeness (QED) is 0.711. The van der Waals surface area contributed by atoms with E-state index in [1.165, 1.54) is 0 Å². The Kier molecular flexibility index (Phi) is 6.63. The van der Waals surface area contributed by atoms with Crippen LogP contribution in [0, 0.1) is 13.8 Å². The average Bonchev–Trinajstić information content (AvgIpc) is 2.62. The first-order valence-electron chi connectivity index (χ1n) is 8.42. The first kappa shape index (κ1) is 18.6. The lowest BCUT2D eigenvalue weighted by molar-refractivity contribution is -0.122. The maximum atomic E-state index is 12.5. The molecule has 0 aliphatic rings. The number of ether oxygens (including phenoxy) is 2. The second kappa shape index (κ2) is 8.92. The molecule has 0 aromatic heterocycles. The Bertz CT molecular complexity index is 722. The van der Waals surface area contributed by atoms with Crippen LogP contribution in [0.1, 0.15) is 24.5 Å². The van der Waals surface area contributed by atoms with Crippen molar-refractivity contribution in [1.82, 2.24) is 0 Å². The minimum absolute atomic E-state index is 0.164. The molecule has 1 atom stereocenters. The van der Waals surface area contributed by atoms with Crippen LogP contribution in [0.15, 0.2) is 55.1 Å². The van der Waals surface area contributed by atoms with Gasteiger partial charge in [0, 0.05) is 5.69 Å². The molecule has 0 saturated heterocycles. The molecule has 2 aromatic carbocycles. The number of carbonyl (C=O) groups is 1. The van der Waals surface area contributed by atoms with Crippen molar-refractivity contribution in [3.05, 3.63) is 66.2 Å². The Morgan fingerprint density at radius 3 is 2.56 bits per heavy atom. The molecule has 0 bridgehead atoms. The van der Waals surface area contributed by atoms with Gasteiger partial charge in [-0.25, -0.2) is 0 Å². The Hall–Kier alpha value is -2.75. The monoisotopic (exact) mass is 339 g/mol. The maximum absolute atomic E-state index is 12.5. The van der Waals surface area contributed by atoms with Crippen LogP contribution in [0.25, 0.3) is 0 Å². The molecule has 0 unspecified atom stereocenters. The van der Waals surface area contributed by atoms with E-state index in [-0.39, 0.29) is 5.91 Å². The molecule has 0 heterocycles. The van der Waals surface area contributed by atoms with Gasteiger partial charge in [-0.1, -0.05) is 31.7 Å². The lowest BCUT2D eigenvalue weighted by Crippen LogP contribution is -2.32. The summed E-state index contributed by atoms with van der Waals surface area (Å²) in [4.78, 5) is 12.5. The van der Waals surface area contributed by atoms with Crippen molar-refractivity contribution < 1.29 is 14.3 Å². The molecule has 0 radical (unpaired) electrons. The van der Waals surface area contributed by atoms with E-state index >= 15 is 0 Å². The van der Waals surface area contributed by atoms with Gasteiger partial charge in [0.1, 0.15) is 18.1 Å². The molecule has 0 saturated carbocycles. The third-order valence-electron chi connectivity index (χ3n) is 3.98. The number of hydrogen-bond acceptors (Lipinski definition) is 3. The maximum Gasteiger partial charge on any atom is 0.265 e. The van der Waals surface area contributed by atoms with E-state index < -0.39 is 6.10 Å². The molecule has 0 aliphatic carbocycles. The highest BCUT2D eigenvalue weighted by atomic mass is 16.5. The van der Waals surface area contributed by atoms with Crippen LogP contribution in [0.4, 0.5) is 5.69 Å². The normalized spacial score (nSPS) is 11.5. The predicted molar refractivity (Wildman–Crippen MR) is 101 cm³/mol. The minimum atomic E-state index is -0.544. The summed E-state index contributed by atoms with van der Waals surface area (Å²) < 4.78 is 11.4. The number of anilines is 1. The van der Waals surface area contributed by atoms with E-state index in [2.05, 4.69) is 11.9 Å². The molecule has 2 aromatic rings. The second-order valence-corrected chi connectivity index (χ2v) is 5.83. The van der Waals surface area contributed by atoms with Gasteiger partial charge in [0.2, 0.25) is 0 Å². The molecule has 1 N–H and O–H groups in total. The SMILES string of the molecule is C=CCOc1ccc(NC(=O)[C@@H](CC)Oc2cccc(C)c2C)cc1. The fourth-order valence-electron chi connectivity index (χ4n) is 2.34. The van der Waals surface area contributed by atoms with Crippen LogP contribution in [0.5, 0.6) is 11.5 Å². The number of carbonyl (C=O) groups excluding carboxylic acids is 1. The molecular formula is C21H25NO3. The highest BCUT2D eigenvalue weighted by Gasteiger charge is 2.19. The smallest absolute Gasteiger partial charge is 0.265 e. The molecule has 0 fully saturated rings. The Labute approximate surface area is 149 Å². The number of hydrogen-bond donors (Lipinski definition) is 1. The van der Waals surface area contributed by atoms with Gasteiger partial charge in [0.15, 0.2) is 6.10 Å². The summed E-state index contributed by atoms with van der Waals surface area (Å²) in [6.07, 6.45) is 1.73. The average molecular weight is 339 g/mol. The van der Waals surface area contributed by atoms with Crippen LogP contribution >= 0.6 is 0 Å². The molecule has 2 rings (SSSR count). The number of nitrogens with one attached hydrogen (secondary N) is 1. The van der Waals surface area contributed by atoms with Crippen LogP contribution in [-0.2, 0) is 4.79 Å². The summed E-state index contributed by atoms with van der Waals surface area (Å²) in [6.45, 7) is 10.0. The van der Waals surface area contributed by atoms with Gasteiger partial charge < -0.3 is 14.8 Å². The standard InChI is InChI=1S/C21H25NO3/c1-5-14-24-18-12-10-17(11-13-18)22-21(23)19(6-2)25-20-9-7-8-15(3)16(20)4/h5,7-13,19H,1,6,14H2,2-4H3,(H,22,23)/t19-/m1/s1. The van der Waals surface area contributed by atoms with E-state index in [0.29, 0.717) is 18.7 Å². The largest absolute Gasteiger partial charge is 0.490 e. The minimum Gasteiger partial charge on any atom is -0.490 e. The second-order valence-electron chi connectivity index (χ2n) is 5.83. The van der Waals surface area contributed by atoms with Crippen molar-refractivity contribution in [2.45, 2.75) is 33.3 Å². The van der Waals surface area contributed by atoms with Crippen molar-refractivity contribution >= 4 is 11.6 Å². The van der Waals surface area contributed by atoms with Gasteiger partial charge in [-0.15, -0.1) is 0 Å². The van der Waals surface area contributed by atoms with E-state index in [1.54, 1.807) is 18.2 Å². The van der Waals surface area contributed by atoms with Crippen molar-refractivity contribution in [1.29, 1.82) is 0 Å². The first-order valence-corrected chi connectivity index (χ1v) is 8.42. The van der Waals surface area contributed by atoms with Crippen LogP contribution < -0.4 is 14.8 Å². The summed E-state index contributed by atoms with van der Waals surface area (Å²) in [6, 6.07) is 13.1. The lowest BCUT2D eigenvalue weighted by atomic mass is 10.1. The van der Waals surface area contributed by atoms with Crippen LogP contribution in [0.3, 0.4) is 0 Å². The fraction of sp³-hybridized carbons (Fsp3) is 0.286. The van der Waals surface area contributed by atoms with Crippen molar-refractivity contribution in [3.63, 3.8) is 0 Å². The fourth-order valence-corrected chi connectivity index (χ4v) is 2.34. The van der Waals surface area contributed by atoms with Gasteiger partial charge in [0.25, 0.3) is 5.91 Å². The number of aryl methyl sites for hydroxylation is 1. The number of rotatable bonds is 8. The predicted octanol–water partition coefficient (Wildman–Crippen LogP) is 4.66. The van der Waals surface area contributed by atoms with E-state index in [4.69, 9.17) is 9.47 Å². The Balaban J connectivity index is 2.02. The van der Waals surface area contributed by atoms with Crippen molar-refractivity contribution in [2.24, 2.45) is 0 Å². The van der Waals surface area contributed by atoms with Crippen LogP contribution in [-0.4, -0.2) is 18.6 Å². The summed E-state index contributed by atoms with van der Waals surface area (Å²) >= 11 is 0. The zero-order chi connectivity index (χ0) is 18.2. The van der Waals surface area contributed by atoms with Gasteiger partial charge in [-0.2, -0.15) is 0 Å². The molecule has 4 heteroatoms. The van der Waals surface area contributed by atoms with E-state index in [9.17, 15) is 4.79 Å². The van der Waals surface area contributed by atoms with Gasteiger partial charge in [0.05, 0.1) is 0 Å². The lowest BCUT2D eigenvalue weighted by Gasteiger charge is -2.19. The number of benzene rings is 2. The molecule has 4 nitrogen and oxygen atoms in total. The third kappa shape index (κ3) is 5.11. The van der Waals surface area contributed by atoms with Gasteiger partial charge >= 0.3 is 0 Å². The summed E-state index contributed by atoms with van der Waals surface area (Å²) in [5, 5.41) is 2.89. The highest BCUT2D eigenvalue weighted by Crippen LogP contribution is 2.23. The van der Waals surface area contributed by atoms with E-state index in [0.717, 1.165) is 22.6 Å². The summed E-state index contributed by atoms with van der Waals surface area (Å²) in [5.41, 5.74) is 2.90. The highest BCUT2D eigenvalue weighted by molar-refractivity contribution is 5.94. The molecule has 0 aliphatic heterocycles. The zero-order valence-electron chi connectivity index (χ0n) is 15.0.